The van der Waals surface area contributed by atoms with Gasteiger partial charge in [-0.3, -0.25) is 0 Å². The van der Waals surface area contributed by atoms with Gasteiger partial charge in [-0.25, -0.2) is 0 Å². The van der Waals surface area contributed by atoms with Crippen LogP contribution in [0.3, 0.4) is 0 Å². The van der Waals surface area contributed by atoms with Crippen LogP contribution in [0.2, 0.25) is 18.1 Å². The Kier molecular flexibility index (Phi) is 7.62. The van der Waals surface area contributed by atoms with E-state index in [4.69, 9.17) is 0 Å². The zero-order valence-electron chi connectivity index (χ0n) is 12.6. The van der Waals surface area contributed by atoms with Crippen molar-refractivity contribution >= 4 is 19.8 Å². The molecule has 0 unspecified atom stereocenters. The number of benzene rings is 1. The summed E-state index contributed by atoms with van der Waals surface area (Å²) in [5.41, 5.74) is 0. The van der Waals surface area contributed by atoms with E-state index >= 15 is 0 Å². The molecule has 108 valence electrons. The molecule has 19 heavy (non-hydrogen) atoms. The van der Waals surface area contributed by atoms with Crippen molar-refractivity contribution in [3.05, 3.63) is 24.3 Å². The molecular formula is C16H28OSSi. The summed E-state index contributed by atoms with van der Waals surface area (Å²) >= 11 is 2.01. The van der Waals surface area contributed by atoms with Crippen molar-refractivity contribution in [2.45, 2.75) is 63.1 Å². The SMILES string of the molecule is CCC[Si](CCC)(CCC)CSc1ccc(O)cc1. The van der Waals surface area contributed by atoms with E-state index in [-0.39, 0.29) is 0 Å². The van der Waals surface area contributed by atoms with Crippen LogP contribution in [-0.2, 0) is 0 Å². The highest BCUT2D eigenvalue weighted by Crippen LogP contribution is 2.33. The summed E-state index contributed by atoms with van der Waals surface area (Å²) in [6, 6.07) is 12.1. The molecule has 0 amide bonds. The highest BCUT2D eigenvalue weighted by atomic mass is 32.2. The summed E-state index contributed by atoms with van der Waals surface area (Å²) in [5.74, 6) is 0.364. The maximum Gasteiger partial charge on any atom is 0.115 e. The van der Waals surface area contributed by atoms with Gasteiger partial charge in [-0.15, -0.1) is 11.8 Å². The number of thioether (sulfide) groups is 1. The van der Waals surface area contributed by atoms with E-state index in [1.54, 1.807) is 12.1 Å². The number of hydrogen-bond donors (Lipinski definition) is 1. The molecule has 0 fully saturated rings. The molecule has 0 aliphatic heterocycles. The summed E-state index contributed by atoms with van der Waals surface area (Å²) in [4.78, 5) is 1.30. The third-order valence-corrected chi connectivity index (χ3v) is 12.0. The average molecular weight is 297 g/mol. The predicted octanol–water partition coefficient (Wildman–Crippen LogP) is 5.70. The largest absolute Gasteiger partial charge is 0.508 e. The van der Waals surface area contributed by atoms with E-state index in [9.17, 15) is 5.11 Å². The normalized spacial score (nSPS) is 11.7. The summed E-state index contributed by atoms with van der Waals surface area (Å²) < 4.78 is 0. The Hall–Kier alpha value is -0.413. The number of aromatic hydroxyl groups is 1. The summed E-state index contributed by atoms with van der Waals surface area (Å²) in [6.45, 7) is 6.99. The maximum absolute atomic E-state index is 9.34. The molecule has 0 spiro atoms. The van der Waals surface area contributed by atoms with Gasteiger partial charge >= 0.3 is 0 Å². The summed E-state index contributed by atoms with van der Waals surface area (Å²) in [7, 11) is -1.09. The molecule has 0 atom stereocenters. The van der Waals surface area contributed by atoms with Gasteiger partial charge in [-0.05, 0) is 29.6 Å². The minimum Gasteiger partial charge on any atom is -0.508 e. The number of phenolic OH excluding ortho intramolecular Hbond substituents is 1. The van der Waals surface area contributed by atoms with Crippen LogP contribution in [0.25, 0.3) is 0 Å². The smallest absolute Gasteiger partial charge is 0.115 e. The van der Waals surface area contributed by atoms with E-state index in [0.29, 0.717) is 5.75 Å². The second-order valence-corrected chi connectivity index (χ2v) is 11.9. The van der Waals surface area contributed by atoms with Crippen LogP contribution < -0.4 is 0 Å². The van der Waals surface area contributed by atoms with Gasteiger partial charge in [0, 0.05) is 4.90 Å². The fraction of sp³-hybridized carbons (Fsp3) is 0.625. The first kappa shape index (κ1) is 16.6. The number of phenols is 1. The van der Waals surface area contributed by atoms with Gasteiger partial charge in [0.25, 0.3) is 0 Å². The Morgan fingerprint density at radius 3 is 1.79 bits per heavy atom. The van der Waals surface area contributed by atoms with Crippen LogP contribution in [0.4, 0.5) is 0 Å². The minimum absolute atomic E-state index is 0.364. The first-order valence-corrected chi connectivity index (χ1v) is 11.4. The second kappa shape index (κ2) is 8.70. The molecule has 0 saturated carbocycles. The molecule has 0 bridgehead atoms. The Labute approximate surface area is 123 Å². The number of hydrogen-bond acceptors (Lipinski definition) is 2. The number of rotatable bonds is 9. The topological polar surface area (TPSA) is 20.2 Å². The lowest BCUT2D eigenvalue weighted by atomic mass is 10.3. The van der Waals surface area contributed by atoms with Crippen molar-refractivity contribution in [1.29, 1.82) is 0 Å². The van der Waals surface area contributed by atoms with E-state index in [1.165, 1.54) is 47.7 Å². The molecule has 0 aromatic heterocycles. The first-order valence-electron chi connectivity index (χ1n) is 7.57. The Morgan fingerprint density at radius 1 is 0.895 bits per heavy atom. The standard InChI is InChI=1S/C16H28OSSi/c1-4-11-19(12-5-2,13-6-3)14-18-16-9-7-15(17)8-10-16/h7-10,17H,4-6,11-14H2,1-3H3. The van der Waals surface area contributed by atoms with Crippen molar-refractivity contribution < 1.29 is 5.11 Å². The fourth-order valence-electron chi connectivity index (χ4n) is 2.96. The van der Waals surface area contributed by atoms with E-state index in [0.717, 1.165) is 0 Å². The van der Waals surface area contributed by atoms with Crippen LogP contribution in [0.1, 0.15) is 40.0 Å². The molecule has 0 heterocycles. The zero-order valence-corrected chi connectivity index (χ0v) is 14.4. The molecule has 0 saturated heterocycles. The van der Waals surface area contributed by atoms with Crippen molar-refractivity contribution in [1.82, 2.24) is 0 Å². The van der Waals surface area contributed by atoms with E-state index in [1.807, 2.05) is 23.9 Å². The van der Waals surface area contributed by atoms with Crippen molar-refractivity contribution in [3.63, 3.8) is 0 Å². The van der Waals surface area contributed by atoms with Gasteiger partial charge in [0.1, 0.15) is 5.75 Å². The van der Waals surface area contributed by atoms with Gasteiger partial charge < -0.3 is 5.11 Å². The monoisotopic (exact) mass is 296 g/mol. The predicted molar refractivity (Wildman–Crippen MR) is 89.9 cm³/mol. The lowest BCUT2D eigenvalue weighted by molar-refractivity contribution is 0.475. The molecule has 1 rings (SSSR count). The quantitative estimate of drug-likeness (QED) is 0.466. The third-order valence-electron chi connectivity index (χ3n) is 3.72. The molecule has 1 aromatic carbocycles. The first-order chi connectivity index (χ1) is 9.15. The average Bonchev–Trinajstić information content (AvgIpc) is 2.39. The molecular weight excluding hydrogens is 268 g/mol. The Bertz CT molecular complexity index is 333. The minimum atomic E-state index is -1.09. The van der Waals surface area contributed by atoms with Crippen LogP contribution in [0.5, 0.6) is 5.75 Å². The zero-order chi connectivity index (χ0) is 14.1. The highest BCUT2D eigenvalue weighted by molar-refractivity contribution is 8.01. The Morgan fingerprint density at radius 2 is 1.37 bits per heavy atom. The third kappa shape index (κ3) is 5.61. The van der Waals surface area contributed by atoms with Crippen LogP contribution in [0.15, 0.2) is 29.2 Å². The lowest BCUT2D eigenvalue weighted by Crippen LogP contribution is -2.37. The molecule has 1 nitrogen and oxygen atoms in total. The van der Waals surface area contributed by atoms with Gasteiger partial charge in [0.15, 0.2) is 0 Å². The Balaban J connectivity index is 2.67. The lowest BCUT2D eigenvalue weighted by Gasteiger charge is -2.31. The van der Waals surface area contributed by atoms with E-state index < -0.39 is 8.07 Å². The van der Waals surface area contributed by atoms with Crippen molar-refractivity contribution in [2.75, 3.05) is 5.38 Å². The van der Waals surface area contributed by atoms with Gasteiger partial charge in [0.2, 0.25) is 0 Å². The molecule has 0 aliphatic carbocycles. The summed E-state index contributed by atoms with van der Waals surface area (Å²) in [5, 5.41) is 10.7. The highest BCUT2D eigenvalue weighted by Gasteiger charge is 2.29. The molecule has 1 N–H and O–H groups in total. The second-order valence-electron chi connectivity index (χ2n) is 5.53. The molecule has 0 radical (unpaired) electrons. The van der Waals surface area contributed by atoms with Gasteiger partial charge in [-0.1, -0.05) is 58.2 Å². The molecule has 1 aromatic rings. The molecule has 0 aliphatic rings. The van der Waals surface area contributed by atoms with Crippen molar-refractivity contribution in [3.8, 4) is 5.75 Å². The molecule has 3 heteroatoms. The van der Waals surface area contributed by atoms with Crippen molar-refractivity contribution in [2.24, 2.45) is 0 Å². The van der Waals surface area contributed by atoms with Gasteiger partial charge in [0.05, 0.1) is 8.07 Å². The fourth-order valence-corrected chi connectivity index (χ4v) is 10.8. The van der Waals surface area contributed by atoms with Gasteiger partial charge in [-0.2, -0.15) is 0 Å². The van der Waals surface area contributed by atoms with Crippen LogP contribution in [0, 0.1) is 0 Å². The van der Waals surface area contributed by atoms with Crippen LogP contribution in [-0.4, -0.2) is 18.6 Å². The van der Waals surface area contributed by atoms with Crippen LogP contribution >= 0.6 is 11.8 Å². The maximum atomic E-state index is 9.34. The van der Waals surface area contributed by atoms with E-state index in [2.05, 4.69) is 20.8 Å². The summed E-state index contributed by atoms with van der Waals surface area (Å²) in [6.07, 6.45) is 4.01.